The number of rotatable bonds is 4. The molecule has 0 fully saturated rings. The molecule has 0 bridgehead atoms. The zero-order valence-corrected chi connectivity index (χ0v) is 10.6. The fourth-order valence-electron chi connectivity index (χ4n) is 1.13. The molecule has 2 rings (SSSR count). The first kappa shape index (κ1) is 11.3. The number of thiophene rings is 1. The van der Waals surface area contributed by atoms with Gasteiger partial charge in [0.2, 0.25) is 0 Å². The molecule has 0 atom stereocenters. The number of hydrogen-bond donors (Lipinski definition) is 0. The minimum atomic E-state index is 0.409. The van der Waals surface area contributed by atoms with Gasteiger partial charge in [-0.2, -0.15) is 0 Å². The third-order valence-corrected chi connectivity index (χ3v) is 3.49. The van der Waals surface area contributed by atoms with E-state index in [0.717, 1.165) is 8.66 Å². The van der Waals surface area contributed by atoms with E-state index in [-0.39, 0.29) is 0 Å². The van der Waals surface area contributed by atoms with Crippen molar-refractivity contribution in [1.29, 1.82) is 0 Å². The van der Waals surface area contributed by atoms with Gasteiger partial charge in [0.1, 0.15) is 18.1 Å². The quantitative estimate of drug-likeness (QED) is 0.813. The molecule has 3 nitrogen and oxygen atoms in total. The highest BCUT2D eigenvalue weighted by Crippen LogP contribution is 2.23. The highest BCUT2D eigenvalue weighted by atomic mass is 79.9. The molecule has 0 spiro atoms. The minimum Gasteiger partial charge on any atom is -0.486 e. The summed E-state index contributed by atoms with van der Waals surface area (Å²) in [6.45, 7) is 0.512. The predicted octanol–water partition coefficient (Wildman–Crippen LogP) is 3.30. The molecule has 0 aromatic carbocycles. The number of aromatic nitrogens is 1. The van der Waals surface area contributed by atoms with Crippen molar-refractivity contribution in [2.24, 2.45) is 0 Å². The van der Waals surface area contributed by atoms with Crippen molar-refractivity contribution in [2.45, 2.75) is 6.61 Å². The van der Waals surface area contributed by atoms with E-state index in [1.807, 2.05) is 12.1 Å². The first-order valence-corrected chi connectivity index (χ1v) is 6.17. The Balaban J connectivity index is 1.96. The molecule has 0 radical (unpaired) electrons. The number of nitrogens with zero attached hydrogens (tertiary/aromatic N) is 1. The summed E-state index contributed by atoms with van der Waals surface area (Å²) in [4.78, 5) is 15.4. The molecule has 0 amide bonds. The molecule has 82 valence electrons. The predicted molar refractivity (Wildman–Crippen MR) is 66.0 cm³/mol. The average Bonchev–Trinajstić information content (AvgIpc) is 2.73. The largest absolute Gasteiger partial charge is 0.486 e. The Hall–Kier alpha value is -1.20. The van der Waals surface area contributed by atoms with Crippen LogP contribution in [0.25, 0.3) is 0 Å². The first-order chi connectivity index (χ1) is 7.78. The van der Waals surface area contributed by atoms with Crippen molar-refractivity contribution >= 4 is 33.6 Å². The molecule has 5 heteroatoms. The summed E-state index contributed by atoms with van der Waals surface area (Å²) in [5.74, 6) is 0.662. The number of ether oxygens (including phenoxy) is 1. The molecule has 2 aromatic heterocycles. The molecule has 0 unspecified atom stereocenters. The number of hydrogen-bond acceptors (Lipinski definition) is 4. The van der Waals surface area contributed by atoms with Crippen LogP contribution in [0.15, 0.2) is 34.2 Å². The summed E-state index contributed by atoms with van der Waals surface area (Å²) >= 11 is 5.02. The van der Waals surface area contributed by atoms with Crippen LogP contribution in [-0.2, 0) is 6.61 Å². The lowest BCUT2D eigenvalue weighted by Gasteiger charge is -2.03. The molecule has 0 saturated heterocycles. The van der Waals surface area contributed by atoms with E-state index in [9.17, 15) is 4.79 Å². The van der Waals surface area contributed by atoms with E-state index in [2.05, 4.69) is 20.9 Å². The summed E-state index contributed by atoms with van der Waals surface area (Å²) in [7, 11) is 0. The maximum atomic E-state index is 10.4. The van der Waals surface area contributed by atoms with Crippen molar-refractivity contribution in [3.63, 3.8) is 0 Å². The van der Waals surface area contributed by atoms with Crippen molar-refractivity contribution in [2.75, 3.05) is 0 Å². The van der Waals surface area contributed by atoms with Crippen LogP contribution in [0.4, 0.5) is 0 Å². The molecular weight excluding hydrogens is 290 g/mol. The van der Waals surface area contributed by atoms with Crippen molar-refractivity contribution in [3.05, 3.63) is 44.8 Å². The maximum absolute atomic E-state index is 10.4. The van der Waals surface area contributed by atoms with Gasteiger partial charge in [-0.3, -0.25) is 4.79 Å². The minimum absolute atomic E-state index is 0.409. The lowest BCUT2D eigenvalue weighted by Crippen LogP contribution is -1.94. The number of aldehydes is 1. The average molecular weight is 298 g/mol. The van der Waals surface area contributed by atoms with E-state index >= 15 is 0 Å². The highest BCUT2D eigenvalue weighted by molar-refractivity contribution is 9.11. The molecule has 0 aliphatic heterocycles. The summed E-state index contributed by atoms with van der Waals surface area (Å²) in [6.07, 6.45) is 2.26. The Kier molecular flexibility index (Phi) is 3.69. The fraction of sp³-hybridized carbons (Fsp3) is 0.0909. The van der Waals surface area contributed by atoms with Gasteiger partial charge < -0.3 is 4.74 Å². The monoisotopic (exact) mass is 297 g/mol. The molecule has 16 heavy (non-hydrogen) atoms. The van der Waals surface area contributed by atoms with E-state index in [0.29, 0.717) is 24.3 Å². The van der Waals surface area contributed by atoms with Crippen LogP contribution in [0, 0.1) is 0 Å². The van der Waals surface area contributed by atoms with Crippen LogP contribution < -0.4 is 4.74 Å². The van der Waals surface area contributed by atoms with Crippen molar-refractivity contribution in [3.8, 4) is 5.75 Å². The smallest absolute Gasteiger partial charge is 0.168 e. The first-order valence-electron chi connectivity index (χ1n) is 4.56. The second kappa shape index (κ2) is 5.23. The Morgan fingerprint density at radius 2 is 2.25 bits per heavy atom. The molecular formula is C11H8BrNO2S. The fourth-order valence-corrected chi connectivity index (χ4v) is 2.53. The van der Waals surface area contributed by atoms with Gasteiger partial charge in [-0.05, 0) is 40.2 Å². The molecule has 0 N–H and O–H groups in total. The van der Waals surface area contributed by atoms with E-state index in [1.54, 1.807) is 29.7 Å². The number of halogens is 1. The van der Waals surface area contributed by atoms with Gasteiger partial charge in [-0.25, -0.2) is 4.98 Å². The molecule has 0 saturated carbocycles. The van der Waals surface area contributed by atoms with Crippen LogP contribution in [0.2, 0.25) is 0 Å². The van der Waals surface area contributed by atoms with Crippen molar-refractivity contribution < 1.29 is 9.53 Å². The lowest BCUT2D eigenvalue weighted by atomic mass is 10.4. The number of carbonyl (C=O) groups excluding carboxylic acids is 1. The number of carbonyl (C=O) groups is 1. The zero-order chi connectivity index (χ0) is 11.4. The summed E-state index contributed by atoms with van der Waals surface area (Å²) in [5, 5.41) is 0. The summed E-state index contributed by atoms with van der Waals surface area (Å²) in [5.41, 5.74) is 0.409. The zero-order valence-electron chi connectivity index (χ0n) is 8.22. The second-order valence-electron chi connectivity index (χ2n) is 3.03. The Bertz CT molecular complexity index is 481. The van der Waals surface area contributed by atoms with Crippen LogP contribution in [0.1, 0.15) is 15.4 Å². The second-order valence-corrected chi connectivity index (χ2v) is 5.58. The Morgan fingerprint density at radius 3 is 2.81 bits per heavy atom. The molecule has 2 aromatic rings. The van der Waals surface area contributed by atoms with Crippen molar-refractivity contribution in [1.82, 2.24) is 4.98 Å². The molecule has 2 heterocycles. The summed E-state index contributed by atoms with van der Waals surface area (Å²) in [6, 6.07) is 7.35. The lowest BCUT2D eigenvalue weighted by molar-refractivity contribution is 0.111. The normalized spacial score (nSPS) is 10.1. The van der Waals surface area contributed by atoms with E-state index in [4.69, 9.17) is 4.74 Å². The standard InChI is InChI=1S/C11H8BrNO2S/c12-11-4-3-10(16-11)7-15-9-2-1-8(6-14)13-5-9/h1-6H,7H2. The Labute approximate surface area is 105 Å². The van der Waals surface area contributed by atoms with Crippen LogP contribution >= 0.6 is 27.3 Å². The summed E-state index contributed by atoms with van der Waals surface area (Å²) < 4.78 is 6.60. The molecule has 0 aliphatic rings. The molecule has 0 aliphatic carbocycles. The van der Waals surface area contributed by atoms with Gasteiger partial charge in [0.15, 0.2) is 6.29 Å². The number of pyridine rings is 1. The van der Waals surface area contributed by atoms with Crippen LogP contribution in [0.3, 0.4) is 0 Å². The third kappa shape index (κ3) is 2.90. The van der Waals surface area contributed by atoms with Gasteiger partial charge in [0.25, 0.3) is 0 Å². The maximum Gasteiger partial charge on any atom is 0.168 e. The van der Waals surface area contributed by atoms with Gasteiger partial charge in [0.05, 0.1) is 9.98 Å². The highest BCUT2D eigenvalue weighted by Gasteiger charge is 2.00. The van der Waals surface area contributed by atoms with Gasteiger partial charge in [-0.1, -0.05) is 0 Å². The Morgan fingerprint density at radius 1 is 1.38 bits per heavy atom. The van der Waals surface area contributed by atoms with Gasteiger partial charge in [-0.15, -0.1) is 11.3 Å². The van der Waals surface area contributed by atoms with E-state index < -0.39 is 0 Å². The SMILES string of the molecule is O=Cc1ccc(OCc2ccc(Br)s2)cn1. The van der Waals surface area contributed by atoms with Gasteiger partial charge in [0, 0.05) is 4.88 Å². The van der Waals surface area contributed by atoms with Crippen LogP contribution in [0.5, 0.6) is 5.75 Å². The topological polar surface area (TPSA) is 39.2 Å². The van der Waals surface area contributed by atoms with Gasteiger partial charge >= 0.3 is 0 Å². The van der Waals surface area contributed by atoms with Crippen LogP contribution in [-0.4, -0.2) is 11.3 Å². The van der Waals surface area contributed by atoms with E-state index in [1.165, 1.54) is 0 Å². The third-order valence-electron chi connectivity index (χ3n) is 1.89.